The molecule has 2 rings (SSSR count). The van der Waals surface area contributed by atoms with E-state index in [2.05, 4.69) is 11.8 Å². The molecule has 0 aliphatic rings. The zero-order chi connectivity index (χ0) is 18.8. The monoisotopic (exact) mass is 354 g/mol. The predicted octanol–water partition coefficient (Wildman–Crippen LogP) is 2.79. The van der Waals surface area contributed by atoms with E-state index in [1.807, 2.05) is 0 Å². The molecule has 0 radical (unpaired) electrons. The summed E-state index contributed by atoms with van der Waals surface area (Å²) in [6.07, 6.45) is 1.39. The molecule has 0 saturated carbocycles. The van der Waals surface area contributed by atoms with Gasteiger partial charge < -0.3 is 18.9 Å². The Morgan fingerprint density at radius 2 is 1.19 bits per heavy atom. The van der Waals surface area contributed by atoms with Crippen LogP contribution >= 0.6 is 0 Å². The smallest absolute Gasteiger partial charge is 0.153 e. The van der Waals surface area contributed by atoms with Crippen molar-refractivity contribution in [2.24, 2.45) is 0 Å². The molecule has 0 spiro atoms. The highest BCUT2D eigenvalue weighted by atomic mass is 16.5. The minimum atomic E-state index is 0.0969. The number of hydrogen-bond donors (Lipinski definition) is 0. The standard InChI is InChI=1S/C20H18O6/c1-23-17-5-7-19(15(11-17)13-21)25-9-3-4-10-26-20-8-6-18(24-2)12-16(20)14-22/h5-8,11-14H,9-10H2,1-2H3. The number of benzene rings is 2. The van der Waals surface area contributed by atoms with Gasteiger partial charge >= 0.3 is 0 Å². The van der Waals surface area contributed by atoms with Crippen LogP contribution in [-0.2, 0) is 0 Å². The number of methoxy groups -OCH3 is 2. The average molecular weight is 354 g/mol. The van der Waals surface area contributed by atoms with Crippen molar-refractivity contribution in [3.05, 3.63) is 47.5 Å². The zero-order valence-corrected chi connectivity index (χ0v) is 14.5. The van der Waals surface area contributed by atoms with Crippen LogP contribution < -0.4 is 18.9 Å². The van der Waals surface area contributed by atoms with Crippen LogP contribution in [0.2, 0.25) is 0 Å². The van der Waals surface area contributed by atoms with Gasteiger partial charge in [0.2, 0.25) is 0 Å². The minimum Gasteiger partial charge on any atom is -0.497 e. The van der Waals surface area contributed by atoms with Crippen molar-refractivity contribution in [2.45, 2.75) is 0 Å². The first kappa shape index (κ1) is 18.9. The van der Waals surface area contributed by atoms with Crippen LogP contribution in [0.15, 0.2) is 36.4 Å². The van der Waals surface area contributed by atoms with Gasteiger partial charge in [-0.3, -0.25) is 9.59 Å². The molecule has 2 aromatic rings. The number of carbonyl (C=O) groups is 2. The lowest BCUT2D eigenvalue weighted by atomic mass is 10.2. The van der Waals surface area contributed by atoms with Crippen LogP contribution in [0.25, 0.3) is 0 Å². The quantitative estimate of drug-likeness (QED) is 0.536. The topological polar surface area (TPSA) is 71.1 Å². The van der Waals surface area contributed by atoms with Crippen molar-refractivity contribution in [3.8, 4) is 34.8 Å². The molecular weight excluding hydrogens is 336 g/mol. The van der Waals surface area contributed by atoms with E-state index in [0.29, 0.717) is 46.7 Å². The molecule has 0 N–H and O–H groups in total. The molecule has 26 heavy (non-hydrogen) atoms. The lowest BCUT2D eigenvalue weighted by Crippen LogP contribution is -2.01. The molecule has 0 unspecified atom stereocenters. The summed E-state index contributed by atoms with van der Waals surface area (Å²) in [5.74, 6) is 7.57. The second-order valence-corrected chi connectivity index (χ2v) is 4.97. The van der Waals surface area contributed by atoms with Crippen LogP contribution in [0.4, 0.5) is 0 Å². The maximum absolute atomic E-state index is 11.1. The Bertz CT molecular complexity index is 764. The molecule has 134 valence electrons. The Kier molecular flexibility index (Phi) is 7.07. The van der Waals surface area contributed by atoms with Gasteiger partial charge in [0.1, 0.15) is 36.2 Å². The third-order valence-corrected chi connectivity index (χ3v) is 3.41. The summed E-state index contributed by atoms with van der Waals surface area (Å²) < 4.78 is 21.0. The van der Waals surface area contributed by atoms with Crippen LogP contribution in [0.3, 0.4) is 0 Å². The zero-order valence-electron chi connectivity index (χ0n) is 14.5. The molecule has 0 bridgehead atoms. The van der Waals surface area contributed by atoms with E-state index >= 15 is 0 Å². The number of ether oxygens (including phenoxy) is 4. The van der Waals surface area contributed by atoms with Crippen LogP contribution in [0.5, 0.6) is 23.0 Å². The highest BCUT2D eigenvalue weighted by Crippen LogP contribution is 2.23. The van der Waals surface area contributed by atoms with Crippen molar-refractivity contribution in [3.63, 3.8) is 0 Å². The van der Waals surface area contributed by atoms with E-state index in [-0.39, 0.29) is 13.2 Å². The second kappa shape index (κ2) is 9.74. The summed E-state index contributed by atoms with van der Waals surface area (Å²) in [5, 5.41) is 0. The SMILES string of the molecule is COc1ccc(OCC#CCOc2ccc(OC)cc2C=O)c(C=O)c1. The molecule has 0 saturated heterocycles. The van der Waals surface area contributed by atoms with Gasteiger partial charge in [-0.2, -0.15) is 0 Å². The van der Waals surface area contributed by atoms with E-state index in [9.17, 15) is 9.59 Å². The second-order valence-electron chi connectivity index (χ2n) is 4.97. The Labute approximate surface area is 151 Å². The van der Waals surface area contributed by atoms with E-state index in [1.54, 1.807) is 36.4 Å². The van der Waals surface area contributed by atoms with Crippen molar-refractivity contribution in [1.82, 2.24) is 0 Å². The van der Waals surface area contributed by atoms with Gasteiger partial charge in [-0.25, -0.2) is 0 Å². The molecule has 0 amide bonds. The van der Waals surface area contributed by atoms with E-state index in [0.717, 1.165) is 0 Å². The molecule has 0 fully saturated rings. The van der Waals surface area contributed by atoms with Gasteiger partial charge in [0.25, 0.3) is 0 Å². The summed E-state index contributed by atoms with van der Waals surface area (Å²) in [6.45, 7) is 0.194. The highest BCUT2D eigenvalue weighted by molar-refractivity contribution is 5.80. The van der Waals surface area contributed by atoms with E-state index in [4.69, 9.17) is 18.9 Å². The third kappa shape index (κ3) is 5.02. The fourth-order valence-corrected chi connectivity index (χ4v) is 2.08. The molecule has 0 aliphatic carbocycles. The molecule has 0 heterocycles. The Morgan fingerprint density at radius 3 is 1.54 bits per heavy atom. The molecule has 0 atom stereocenters. The molecule has 6 heteroatoms. The highest BCUT2D eigenvalue weighted by Gasteiger charge is 2.05. The molecule has 6 nitrogen and oxygen atoms in total. The minimum absolute atomic E-state index is 0.0969. The number of carbonyl (C=O) groups excluding carboxylic acids is 2. The van der Waals surface area contributed by atoms with Gasteiger partial charge in [0.15, 0.2) is 12.6 Å². The van der Waals surface area contributed by atoms with Gasteiger partial charge in [-0.1, -0.05) is 11.8 Å². The summed E-state index contributed by atoms with van der Waals surface area (Å²) in [4.78, 5) is 22.1. The average Bonchev–Trinajstić information content (AvgIpc) is 2.70. The van der Waals surface area contributed by atoms with E-state index < -0.39 is 0 Å². The fraction of sp³-hybridized carbons (Fsp3) is 0.200. The maximum Gasteiger partial charge on any atom is 0.153 e. The van der Waals surface area contributed by atoms with Crippen LogP contribution in [-0.4, -0.2) is 40.0 Å². The summed E-state index contributed by atoms with van der Waals surface area (Å²) in [6, 6.07) is 9.86. The number of aldehydes is 2. The van der Waals surface area contributed by atoms with Gasteiger partial charge in [-0.15, -0.1) is 0 Å². The number of rotatable bonds is 8. The van der Waals surface area contributed by atoms with Crippen LogP contribution in [0, 0.1) is 11.8 Å². The summed E-state index contributed by atoms with van der Waals surface area (Å²) in [5.41, 5.74) is 0.771. The van der Waals surface area contributed by atoms with E-state index in [1.165, 1.54) is 14.2 Å². The lowest BCUT2D eigenvalue weighted by Gasteiger charge is -2.07. The van der Waals surface area contributed by atoms with Crippen molar-refractivity contribution < 1.29 is 28.5 Å². The van der Waals surface area contributed by atoms with Crippen molar-refractivity contribution in [2.75, 3.05) is 27.4 Å². The first-order valence-electron chi connectivity index (χ1n) is 7.69. The largest absolute Gasteiger partial charge is 0.497 e. The van der Waals surface area contributed by atoms with Crippen LogP contribution in [0.1, 0.15) is 20.7 Å². The van der Waals surface area contributed by atoms with Crippen molar-refractivity contribution in [1.29, 1.82) is 0 Å². The fourth-order valence-electron chi connectivity index (χ4n) is 2.08. The molecule has 0 aliphatic heterocycles. The van der Waals surface area contributed by atoms with Crippen molar-refractivity contribution >= 4 is 12.6 Å². The Balaban J connectivity index is 1.88. The first-order valence-corrected chi connectivity index (χ1v) is 7.69. The molecular formula is C20H18O6. The predicted molar refractivity (Wildman–Crippen MR) is 95.5 cm³/mol. The Morgan fingerprint density at radius 1 is 0.769 bits per heavy atom. The van der Waals surface area contributed by atoms with Gasteiger partial charge in [-0.05, 0) is 36.4 Å². The third-order valence-electron chi connectivity index (χ3n) is 3.41. The first-order chi connectivity index (χ1) is 12.7. The summed E-state index contributed by atoms with van der Waals surface area (Å²) >= 11 is 0. The summed E-state index contributed by atoms with van der Waals surface area (Å²) in [7, 11) is 3.05. The van der Waals surface area contributed by atoms with Gasteiger partial charge in [0.05, 0.1) is 25.3 Å². The van der Waals surface area contributed by atoms with Gasteiger partial charge in [0, 0.05) is 0 Å². The maximum atomic E-state index is 11.1. The Hall–Kier alpha value is -3.46. The number of hydrogen-bond acceptors (Lipinski definition) is 6. The lowest BCUT2D eigenvalue weighted by molar-refractivity contribution is 0.111. The molecule has 0 aromatic heterocycles. The normalized spacial score (nSPS) is 9.46. The molecule has 2 aromatic carbocycles.